The molecule has 1 amide bonds. The maximum absolute atomic E-state index is 13.5. The van der Waals surface area contributed by atoms with Crippen LogP contribution in [-0.2, 0) is 11.8 Å². The third kappa shape index (κ3) is 3.73. The van der Waals surface area contributed by atoms with Crippen molar-refractivity contribution in [2.24, 2.45) is 17.1 Å². The average molecular weight is 527 g/mol. The summed E-state index contributed by atoms with van der Waals surface area (Å²) in [5.74, 6) is -0.190. The first-order chi connectivity index (χ1) is 18.0. The summed E-state index contributed by atoms with van der Waals surface area (Å²) in [5, 5.41) is 8.79. The first-order valence-electron chi connectivity index (χ1n) is 11.6. The van der Waals surface area contributed by atoms with Gasteiger partial charge in [0.2, 0.25) is 4.80 Å². The Morgan fingerprint density at radius 1 is 0.865 bits per heavy atom. The zero-order valence-corrected chi connectivity index (χ0v) is 22.0. The number of fused-ring (bicyclic) bond motifs is 1. The summed E-state index contributed by atoms with van der Waals surface area (Å²) in [6.45, 7) is 1.87. The van der Waals surface area contributed by atoms with Gasteiger partial charge in [-0.05, 0) is 36.6 Å². The molecule has 0 atom stereocenters. The third-order valence-corrected chi connectivity index (χ3v) is 8.13. The highest BCUT2D eigenvalue weighted by Crippen LogP contribution is 2.30. The zero-order valence-electron chi connectivity index (χ0n) is 20.3. The molecule has 5 aromatic rings. The van der Waals surface area contributed by atoms with E-state index in [4.69, 9.17) is 10.1 Å². The predicted molar refractivity (Wildman–Crippen MR) is 148 cm³/mol. The number of amides is 1. The van der Waals surface area contributed by atoms with Gasteiger partial charge in [0, 0.05) is 25.0 Å². The van der Waals surface area contributed by atoms with Gasteiger partial charge in [-0.3, -0.25) is 14.3 Å². The van der Waals surface area contributed by atoms with Crippen LogP contribution in [0.25, 0.3) is 16.3 Å². The summed E-state index contributed by atoms with van der Waals surface area (Å²) >= 11 is 2.95. The van der Waals surface area contributed by atoms with Crippen molar-refractivity contribution in [1.29, 1.82) is 0 Å². The minimum atomic E-state index is -0.224. The molecular formula is C27H22N6O2S2. The summed E-state index contributed by atoms with van der Waals surface area (Å²) < 4.78 is 5.08. The Balaban J connectivity index is 1.59. The molecule has 2 aromatic carbocycles. The second-order valence-corrected chi connectivity index (χ2v) is 10.3. The van der Waals surface area contributed by atoms with Crippen LogP contribution in [0.3, 0.4) is 0 Å². The van der Waals surface area contributed by atoms with E-state index in [0.29, 0.717) is 16.2 Å². The number of benzene rings is 2. The molecule has 4 heterocycles. The number of hydrogen-bond acceptors (Lipinski definition) is 6. The van der Waals surface area contributed by atoms with Gasteiger partial charge >= 0.3 is 0 Å². The monoisotopic (exact) mass is 526 g/mol. The number of carbonyl (C=O) groups is 1. The molecule has 0 spiro atoms. The number of aromatic nitrogens is 3. The van der Waals surface area contributed by atoms with E-state index < -0.39 is 0 Å². The Kier molecular flexibility index (Phi) is 5.62. The van der Waals surface area contributed by atoms with Gasteiger partial charge in [0.15, 0.2) is 11.4 Å². The van der Waals surface area contributed by atoms with E-state index >= 15 is 0 Å². The normalized spacial score (nSPS) is 14.7. The fraction of sp³-hybridized carbons (Fsp3) is 0.111. The lowest BCUT2D eigenvalue weighted by Gasteiger charge is -2.07. The van der Waals surface area contributed by atoms with Crippen LogP contribution in [0.2, 0.25) is 0 Å². The number of carbonyl (C=O) groups excluding carboxylic acids is 1. The highest BCUT2D eigenvalue weighted by molar-refractivity contribution is 7.14. The molecule has 10 heteroatoms. The van der Waals surface area contributed by atoms with Gasteiger partial charge in [-0.15, -0.1) is 22.7 Å². The summed E-state index contributed by atoms with van der Waals surface area (Å²) in [6.07, 6.45) is 0. The van der Waals surface area contributed by atoms with Crippen molar-refractivity contribution in [3.05, 3.63) is 104 Å². The molecule has 0 bridgehead atoms. The van der Waals surface area contributed by atoms with Crippen LogP contribution in [0.4, 0.5) is 11.4 Å². The average Bonchev–Trinajstić information content (AvgIpc) is 3.67. The van der Waals surface area contributed by atoms with Gasteiger partial charge < -0.3 is 4.90 Å². The molecule has 0 saturated carbocycles. The number of anilines is 1. The van der Waals surface area contributed by atoms with E-state index in [1.54, 1.807) is 37.3 Å². The molecule has 37 heavy (non-hydrogen) atoms. The van der Waals surface area contributed by atoms with Gasteiger partial charge in [0.25, 0.3) is 11.5 Å². The SMILES string of the molecule is Cc1c(N=c2scc(-c3cccs3)n2/N=C2/C(=O)N(C)c3ccccc32)c(=O)n(-c2ccccc2)n1C. The zero-order chi connectivity index (χ0) is 25.7. The van der Waals surface area contributed by atoms with Crippen LogP contribution in [0.1, 0.15) is 11.3 Å². The first-order valence-corrected chi connectivity index (χ1v) is 13.3. The maximum atomic E-state index is 13.5. The number of nitrogens with zero attached hydrogens (tertiary/aromatic N) is 6. The molecular weight excluding hydrogens is 504 g/mol. The van der Waals surface area contributed by atoms with Crippen LogP contribution in [0.5, 0.6) is 0 Å². The van der Waals surface area contributed by atoms with E-state index in [0.717, 1.165) is 33.2 Å². The largest absolute Gasteiger partial charge is 0.309 e. The Morgan fingerprint density at radius 2 is 1.62 bits per heavy atom. The Hall–Kier alpha value is -4.28. The lowest BCUT2D eigenvalue weighted by Crippen LogP contribution is -2.27. The minimum Gasteiger partial charge on any atom is -0.309 e. The lowest BCUT2D eigenvalue weighted by atomic mass is 10.1. The second kappa shape index (κ2) is 8.99. The van der Waals surface area contributed by atoms with E-state index in [9.17, 15) is 9.59 Å². The molecule has 0 N–H and O–H groups in total. The molecule has 8 nitrogen and oxygen atoms in total. The molecule has 0 saturated heterocycles. The number of rotatable bonds is 4. The maximum Gasteiger partial charge on any atom is 0.297 e. The summed E-state index contributed by atoms with van der Waals surface area (Å²) in [4.78, 5) is 34.6. The van der Waals surface area contributed by atoms with Crippen molar-refractivity contribution in [2.45, 2.75) is 6.92 Å². The third-order valence-electron chi connectivity index (χ3n) is 6.42. The number of likely N-dealkylation sites (N-methyl/N-ethyl adjacent to an activating group) is 1. The van der Waals surface area contributed by atoms with Crippen LogP contribution in [-0.4, -0.2) is 32.7 Å². The van der Waals surface area contributed by atoms with Crippen molar-refractivity contribution >= 4 is 45.7 Å². The van der Waals surface area contributed by atoms with Crippen LogP contribution < -0.4 is 15.3 Å². The Labute approximate surface area is 220 Å². The first kappa shape index (κ1) is 23.1. The molecule has 184 valence electrons. The molecule has 0 aliphatic carbocycles. The molecule has 0 fully saturated rings. The van der Waals surface area contributed by atoms with Crippen molar-refractivity contribution in [2.75, 3.05) is 11.9 Å². The molecule has 3 aromatic heterocycles. The van der Waals surface area contributed by atoms with Crippen molar-refractivity contribution in [1.82, 2.24) is 14.0 Å². The fourth-order valence-electron chi connectivity index (χ4n) is 4.39. The standard InChI is InChI=1S/C27H22N6O2S2/c1-17-23(26(35)33(31(17)3)18-10-5-4-6-11-18)28-27-32(21(16-37-27)22-14-9-15-36-22)29-24-19-12-7-8-13-20(19)30(2)25(24)34/h4-16H,1-3H3/b28-27?,29-24+. The predicted octanol–water partition coefficient (Wildman–Crippen LogP) is 4.54. The fourth-order valence-corrected chi connectivity index (χ4v) is 6.02. The summed E-state index contributed by atoms with van der Waals surface area (Å²) in [5.41, 5.74) is 4.30. The van der Waals surface area contributed by atoms with Gasteiger partial charge in [-0.1, -0.05) is 42.5 Å². The smallest absolute Gasteiger partial charge is 0.297 e. The van der Waals surface area contributed by atoms with Gasteiger partial charge in [-0.2, -0.15) is 5.10 Å². The van der Waals surface area contributed by atoms with Crippen molar-refractivity contribution < 1.29 is 4.79 Å². The lowest BCUT2D eigenvalue weighted by molar-refractivity contribution is -0.112. The molecule has 1 aliphatic heterocycles. The van der Waals surface area contributed by atoms with Crippen LogP contribution in [0, 0.1) is 6.92 Å². The highest BCUT2D eigenvalue weighted by atomic mass is 32.1. The van der Waals surface area contributed by atoms with Crippen molar-refractivity contribution in [3.8, 4) is 16.3 Å². The number of hydrogen-bond donors (Lipinski definition) is 0. The summed E-state index contributed by atoms with van der Waals surface area (Å²) in [6, 6.07) is 21.0. The van der Waals surface area contributed by atoms with Crippen molar-refractivity contribution in [3.63, 3.8) is 0 Å². The molecule has 0 radical (unpaired) electrons. The summed E-state index contributed by atoms with van der Waals surface area (Å²) in [7, 11) is 3.58. The molecule has 1 aliphatic rings. The topological polar surface area (TPSA) is 76.9 Å². The van der Waals surface area contributed by atoms with Crippen LogP contribution >= 0.6 is 22.7 Å². The quantitative estimate of drug-likeness (QED) is 0.345. The van der Waals surface area contributed by atoms with Crippen LogP contribution in [0.15, 0.2) is 92.4 Å². The molecule has 0 unspecified atom stereocenters. The second-order valence-electron chi connectivity index (χ2n) is 8.54. The Morgan fingerprint density at radius 3 is 2.38 bits per heavy atom. The Bertz CT molecular complexity index is 1800. The van der Waals surface area contributed by atoms with E-state index in [-0.39, 0.29) is 11.5 Å². The number of thiophene rings is 1. The molecule has 6 rings (SSSR count). The number of thiazole rings is 1. The minimum absolute atomic E-state index is 0.190. The van der Waals surface area contributed by atoms with E-state index in [2.05, 4.69) is 0 Å². The van der Waals surface area contributed by atoms with Gasteiger partial charge in [0.05, 0.1) is 27.6 Å². The van der Waals surface area contributed by atoms with Gasteiger partial charge in [0.1, 0.15) is 0 Å². The van der Waals surface area contributed by atoms with Gasteiger partial charge in [-0.25, -0.2) is 14.4 Å². The van der Waals surface area contributed by atoms with E-state index in [1.807, 2.05) is 91.5 Å². The number of para-hydroxylation sites is 2. The van der Waals surface area contributed by atoms with E-state index in [1.165, 1.54) is 11.3 Å². The highest BCUT2D eigenvalue weighted by Gasteiger charge is 2.31.